The van der Waals surface area contributed by atoms with Crippen molar-refractivity contribution in [1.82, 2.24) is 4.98 Å². The van der Waals surface area contributed by atoms with Crippen molar-refractivity contribution < 1.29 is 14.3 Å². The highest BCUT2D eigenvalue weighted by Gasteiger charge is 2.33. The molecule has 2 fully saturated rings. The van der Waals surface area contributed by atoms with Gasteiger partial charge in [0.15, 0.2) is 5.13 Å². The molecule has 0 spiro atoms. The number of anilines is 1. The zero-order chi connectivity index (χ0) is 14.1. The number of ether oxygens (including phenoxy) is 1. The molecule has 1 aliphatic heterocycles. The molecule has 20 heavy (non-hydrogen) atoms. The Morgan fingerprint density at radius 1 is 1.30 bits per heavy atom. The number of hydrogen-bond acceptors (Lipinski definition) is 7. The summed E-state index contributed by atoms with van der Waals surface area (Å²) < 4.78 is 4.72. The summed E-state index contributed by atoms with van der Waals surface area (Å²) in [5.41, 5.74) is 0.781. The van der Waals surface area contributed by atoms with Crippen LogP contribution >= 0.6 is 34.9 Å². The summed E-state index contributed by atoms with van der Waals surface area (Å²) in [6.45, 7) is 0. The van der Waals surface area contributed by atoms with Crippen molar-refractivity contribution in [2.75, 3.05) is 23.9 Å². The molecule has 3 rings (SSSR count). The van der Waals surface area contributed by atoms with E-state index in [0.717, 1.165) is 30.0 Å². The van der Waals surface area contributed by atoms with Crippen molar-refractivity contribution in [2.24, 2.45) is 0 Å². The van der Waals surface area contributed by atoms with E-state index in [1.807, 2.05) is 0 Å². The molecule has 1 aliphatic carbocycles. The number of carbonyl (C=O) groups is 2. The molecule has 0 bridgehead atoms. The van der Waals surface area contributed by atoms with Crippen molar-refractivity contribution >= 4 is 51.9 Å². The molecule has 8 heteroatoms. The number of thiazole rings is 1. The number of amides is 1. The van der Waals surface area contributed by atoms with Crippen molar-refractivity contribution in [3.8, 4) is 0 Å². The standard InChI is InChI=1S/C12H14N2O3S3/c1-17-10(16)8-7(6-2-3-6)13-12(20-8)14-9(15)11-18-4-5-19-11/h6,11H,2-5H2,1H3,(H,13,14,15). The summed E-state index contributed by atoms with van der Waals surface area (Å²) in [7, 11) is 1.36. The Bertz CT molecular complexity index is 536. The Morgan fingerprint density at radius 3 is 2.60 bits per heavy atom. The van der Waals surface area contributed by atoms with Crippen LogP contribution in [-0.2, 0) is 9.53 Å². The van der Waals surface area contributed by atoms with Gasteiger partial charge in [-0.2, -0.15) is 0 Å². The number of rotatable bonds is 4. The SMILES string of the molecule is COC(=O)c1sc(NC(=O)C2SCCS2)nc1C1CC1. The minimum absolute atomic E-state index is 0.0370. The lowest BCUT2D eigenvalue weighted by Crippen LogP contribution is -2.20. The van der Waals surface area contributed by atoms with Crippen molar-refractivity contribution in [3.05, 3.63) is 10.6 Å². The van der Waals surface area contributed by atoms with Gasteiger partial charge in [-0.3, -0.25) is 4.79 Å². The molecular weight excluding hydrogens is 316 g/mol. The molecule has 5 nitrogen and oxygen atoms in total. The van der Waals surface area contributed by atoms with Gasteiger partial charge in [0.25, 0.3) is 0 Å². The largest absolute Gasteiger partial charge is 0.465 e. The third-order valence-corrected chi connectivity index (χ3v) is 7.01. The van der Waals surface area contributed by atoms with Crippen molar-refractivity contribution in [2.45, 2.75) is 23.3 Å². The van der Waals surface area contributed by atoms with Gasteiger partial charge in [-0.15, -0.1) is 23.5 Å². The van der Waals surface area contributed by atoms with Gasteiger partial charge in [-0.05, 0) is 12.8 Å². The summed E-state index contributed by atoms with van der Waals surface area (Å²) in [6, 6.07) is 0. The topological polar surface area (TPSA) is 68.3 Å². The van der Waals surface area contributed by atoms with Gasteiger partial charge in [0.1, 0.15) is 9.46 Å². The summed E-state index contributed by atoms with van der Waals surface area (Å²) in [4.78, 5) is 28.8. The molecule has 108 valence electrons. The lowest BCUT2D eigenvalue weighted by Gasteiger charge is -2.06. The maximum Gasteiger partial charge on any atom is 0.350 e. The van der Waals surface area contributed by atoms with Crippen LogP contribution in [0.5, 0.6) is 0 Å². The van der Waals surface area contributed by atoms with Gasteiger partial charge in [-0.1, -0.05) is 11.3 Å². The predicted octanol–water partition coefficient (Wildman–Crippen LogP) is 2.55. The van der Waals surface area contributed by atoms with Gasteiger partial charge in [0, 0.05) is 17.4 Å². The molecule has 0 atom stereocenters. The average Bonchev–Trinajstić information content (AvgIpc) is 2.99. The number of hydrogen-bond donors (Lipinski definition) is 1. The lowest BCUT2D eigenvalue weighted by molar-refractivity contribution is -0.114. The molecule has 0 aromatic carbocycles. The second-order valence-electron chi connectivity index (χ2n) is 4.56. The van der Waals surface area contributed by atoms with Crippen LogP contribution in [-0.4, -0.2) is 40.1 Å². The van der Waals surface area contributed by atoms with E-state index in [1.54, 1.807) is 23.5 Å². The van der Waals surface area contributed by atoms with E-state index in [-0.39, 0.29) is 16.5 Å². The minimum atomic E-state index is -0.366. The van der Waals surface area contributed by atoms with Gasteiger partial charge < -0.3 is 10.1 Å². The van der Waals surface area contributed by atoms with E-state index in [1.165, 1.54) is 18.4 Å². The summed E-state index contributed by atoms with van der Waals surface area (Å²) >= 11 is 4.50. The first-order valence-corrected chi connectivity index (χ1v) is 9.23. The van der Waals surface area contributed by atoms with Gasteiger partial charge >= 0.3 is 5.97 Å². The molecule has 1 amide bonds. The molecule has 1 aromatic rings. The molecule has 1 aromatic heterocycles. The third kappa shape index (κ3) is 2.96. The van der Waals surface area contributed by atoms with Crippen LogP contribution in [0.2, 0.25) is 0 Å². The lowest BCUT2D eigenvalue weighted by atomic mass is 10.2. The van der Waals surface area contributed by atoms with E-state index in [0.29, 0.717) is 15.9 Å². The number of thioether (sulfide) groups is 2. The normalized spacial score (nSPS) is 19.1. The fourth-order valence-electron chi connectivity index (χ4n) is 1.93. The first-order valence-electron chi connectivity index (χ1n) is 6.32. The van der Waals surface area contributed by atoms with Gasteiger partial charge in [0.05, 0.1) is 12.8 Å². The predicted molar refractivity (Wildman–Crippen MR) is 82.8 cm³/mol. The molecule has 0 radical (unpaired) electrons. The summed E-state index contributed by atoms with van der Waals surface area (Å²) in [6.07, 6.45) is 2.10. The fraction of sp³-hybridized carbons (Fsp3) is 0.583. The Morgan fingerprint density at radius 2 is 2.00 bits per heavy atom. The second-order valence-corrected chi connectivity index (χ2v) is 8.29. The molecule has 0 unspecified atom stereocenters. The maximum atomic E-state index is 12.1. The van der Waals surface area contributed by atoms with Crippen LogP contribution in [0.15, 0.2) is 0 Å². The molecule has 1 saturated heterocycles. The maximum absolute atomic E-state index is 12.1. The second kappa shape index (κ2) is 5.95. The highest BCUT2D eigenvalue weighted by Crippen LogP contribution is 2.44. The number of nitrogens with zero attached hydrogens (tertiary/aromatic N) is 1. The zero-order valence-electron chi connectivity index (χ0n) is 10.9. The number of aromatic nitrogens is 1. The van der Waals surface area contributed by atoms with Gasteiger partial charge in [0.2, 0.25) is 5.91 Å². The highest BCUT2D eigenvalue weighted by molar-refractivity contribution is 8.21. The van der Waals surface area contributed by atoms with Crippen LogP contribution in [0.1, 0.15) is 34.1 Å². The number of esters is 1. The van der Waals surface area contributed by atoms with E-state index >= 15 is 0 Å². The monoisotopic (exact) mass is 330 g/mol. The molecule has 2 heterocycles. The van der Waals surface area contributed by atoms with E-state index in [2.05, 4.69) is 10.3 Å². The third-order valence-electron chi connectivity index (χ3n) is 3.05. The van der Waals surface area contributed by atoms with Crippen LogP contribution in [0.4, 0.5) is 5.13 Å². The zero-order valence-corrected chi connectivity index (χ0v) is 13.3. The smallest absolute Gasteiger partial charge is 0.350 e. The highest BCUT2D eigenvalue weighted by atomic mass is 32.2. The Labute approximate surface area is 129 Å². The molecule has 2 aliphatic rings. The number of carbonyl (C=O) groups excluding carboxylic acids is 2. The van der Waals surface area contributed by atoms with Crippen LogP contribution in [0.25, 0.3) is 0 Å². The first-order chi connectivity index (χ1) is 9.69. The number of nitrogens with one attached hydrogen (secondary N) is 1. The molecular formula is C12H14N2O3S3. The fourth-order valence-corrected chi connectivity index (χ4v) is 5.49. The van der Waals surface area contributed by atoms with E-state index in [9.17, 15) is 9.59 Å². The average molecular weight is 330 g/mol. The number of methoxy groups -OCH3 is 1. The van der Waals surface area contributed by atoms with Crippen LogP contribution in [0, 0.1) is 0 Å². The first kappa shape index (κ1) is 14.2. The van der Waals surface area contributed by atoms with Crippen LogP contribution < -0.4 is 5.32 Å². The Hall–Kier alpha value is -0.730. The summed E-state index contributed by atoms with van der Waals surface area (Å²) in [5, 5.41) is 3.33. The summed E-state index contributed by atoms with van der Waals surface area (Å²) in [5.74, 6) is 1.95. The Kier molecular flexibility index (Phi) is 4.23. The van der Waals surface area contributed by atoms with E-state index < -0.39 is 0 Å². The molecule has 1 saturated carbocycles. The molecule has 1 N–H and O–H groups in total. The minimum Gasteiger partial charge on any atom is -0.465 e. The van der Waals surface area contributed by atoms with Crippen molar-refractivity contribution in [3.63, 3.8) is 0 Å². The van der Waals surface area contributed by atoms with Crippen LogP contribution in [0.3, 0.4) is 0 Å². The Balaban J connectivity index is 1.76. The van der Waals surface area contributed by atoms with Gasteiger partial charge in [-0.25, -0.2) is 9.78 Å². The van der Waals surface area contributed by atoms with Crippen molar-refractivity contribution in [1.29, 1.82) is 0 Å². The quantitative estimate of drug-likeness (QED) is 0.856. The van der Waals surface area contributed by atoms with E-state index in [4.69, 9.17) is 4.74 Å².